The van der Waals surface area contributed by atoms with Crippen molar-refractivity contribution in [2.75, 3.05) is 14.1 Å². The van der Waals surface area contributed by atoms with E-state index >= 15 is 0 Å². The molecule has 212 valence electrons. The summed E-state index contributed by atoms with van der Waals surface area (Å²) >= 11 is 0. The first kappa shape index (κ1) is 32.2. The molecule has 0 aliphatic carbocycles. The quantitative estimate of drug-likeness (QED) is 0.219. The highest BCUT2D eigenvalue weighted by atomic mass is 32.2. The molecule has 0 aromatic rings. The minimum atomic E-state index is -4.61. The fourth-order valence-electron chi connectivity index (χ4n) is 4.54. The molecule has 2 rings (SSSR count). The molecule has 2 aliphatic rings. The molecule has 0 fully saturated rings. The monoisotopic (exact) mass is 573 g/mol. The van der Waals surface area contributed by atoms with E-state index in [4.69, 9.17) is 0 Å². The predicted octanol–water partition coefficient (Wildman–Crippen LogP) is 4.86. The highest BCUT2D eigenvalue weighted by molar-refractivity contribution is 7.90. The van der Waals surface area contributed by atoms with Crippen molar-refractivity contribution in [3.63, 3.8) is 0 Å². The second-order valence-corrected chi connectivity index (χ2v) is 13.1. The second-order valence-electron chi connectivity index (χ2n) is 10.3. The maximum atomic E-state index is 11.6. The van der Waals surface area contributed by atoms with Gasteiger partial charge in [0.05, 0.1) is 15.2 Å². The first-order chi connectivity index (χ1) is 17.9. The first-order valence-corrected chi connectivity index (χ1v) is 15.1. The van der Waals surface area contributed by atoms with Gasteiger partial charge in [0.15, 0.2) is 11.9 Å². The van der Waals surface area contributed by atoms with Crippen molar-refractivity contribution in [1.29, 1.82) is 0 Å². The largest absolute Gasteiger partial charge is 0.744 e. The third kappa shape index (κ3) is 7.54. The number of nitrogens with zero attached hydrogens (tertiary/aromatic N) is 2. The van der Waals surface area contributed by atoms with Gasteiger partial charge in [-0.05, 0) is 63.6 Å². The van der Waals surface area contributed by atoms with E-state index in [1.807, 2.05) is 81.6 Å². The lowest BCUT2D eigenvalue weighted by molar-refractivity contribution is -0.419. The Bertz CT molecular complexity index is 1520. The molecule has 0 atom stereocenters. The van der Waals surface area contributed by atoms with Gasteiger partial charge in [-0.3, -0.25) is 0 Å². The van der Waals surface area contributed by atoms with E-state index in [9.17, 15) is 25.9 Å². The van der Waals surface area contributed by atoms with Crippen LogP contribution < -0.4 is 0 Å². The van der Waals surface area contributed by atoms with E-state index in [1.54, 1.807) is 26.2 Å². The number of allylic oxidation sites excluding steroid dienone is 13. The second kappa shape index (κ2) is 12.0. The molecule has 2 aliphatic heterocycles. The summed E-state index contributed by atoms with van der Waals surface area (Å²) in [6.45, 7) is 11.1. The molecule has 0 spiro atoms. The van der Waals surface area contributed by atoms with Crippen LogP contribution in [0.5, 0.6) is 0 Å². The van der Waals surface area contributed by atoms with E-state index in [0.29, 0.717) is 11.1 Å². The van der Waals surface area contributed by atoms with Crippen molar-refractivity contribution in [1.82, 2.24) is 4.90 Å². The van der Waals surface area contributed by atoms with Gasteiger partial charge >= 0.3 is 0 Å². The highest BCUT2D eigenvalue weighted by Gasteiger charge is 2.39. The molecule has 0 amide bonds. The average molecular weight is 574 g/mol. The van der Waals surface area contributed by atoms with E-state index in [1.165, 1.54) is 36.5 Å². The Morgan fingerprint density at radius 1 is 0.846 bits per heavy atom. The predicted molar refractivity (Wildman–Crippen MR) is 154 cm³/mol. The maximum absolute atomic E-state index is 11.6. The van der Waals surface area contributed by atoms with Crippen LogP contribution in [0, 0.1) is 10.8 Å². The number of hydrogen-bond acceptors (Lipinski definition) is 7. The van der Waals surface area contributed by atoms with Crippen molar-refractivity contribution in [3.05, 3.63) is 106 Å². The summed E-state index contributed by atoms with van der Waals surface area (Å²) in [6.07, 6.45) is 21.5. The number of hydrogen-bond donors (Lipinski definition) is 0. The summed E-state index contributed by atoms with van der Waals surface area (Å²) in [6, 6.07) is 0. The molecule has 0 aromatic heterocycles. The molecule has 0 saturated heterocycles. The minimum Gasteiger partial charge on any atom is -0.744 e. The van der Waals surface area contributed by atoms with E-state index in [-0.39, 0.29) is 9.81 Å². The van der Waals surface area contributed by atoms with Crippen LogP contribution in [0.25, 0.3) is 0 Å². The van der Waals surface area contributed by atoms with Crippen LogP contribution in [0.2, 0.25) is 0 Å². The smallest absolute Gasteiger partial charge is 0.191 e. The zero-order valence-corrected chi connectivity index (χ0v) is 25.3. The van der Waals surface area contributed by atoms with Crippen LogP contribution in [-0.4, -0.2) is 55.2 Å². The van der Waals surface area contributed by atoms with Gasteiger partial charge in [-0.25, -0.2) is 21.4 Å². The SMILES string of the molecule is C/C=C\C(=C/C1=C[N+](C)=C(/C=C/C=C/C=C2/N(C)C=C(/C=C(\C=C/C)S(=O)(=O)[O-])C2(C)C)C1(C)C)S(=O)(=O)[O-]. The van der Waals surface area contributed by atoms with Crippen molar-refractivity contribution in [3.8, 4) is 0 Å². The first-order valence-electron chi connectivity index (χ1n) is 12.3. The zero-order valence-electron chi connectivity index (χ0n) is 23.7. The topological polar surface area (TPSA) is 121 Å². The molecule has 0 radical (unpaired) electrons. The Labute approximate surface area is 233 Å². The Morgan fingerprint density at radius 3 is 1.85 bits per heavy atom. The van der Waals surface area contributed by atoms with E-state index < -0.39 is 31.1 Å². The minimum absolute atomic E-state index is 0.286. The molecule has 39 heavy (non-hydrogen) atoms. The van der Waals surface area contributed by atoms with Crippen LogP contribution in [0.1, 0.15) is 41.5 Å². The average Bonchev–Trinajstić information content (AvgIpc) is 3.13. The van der Waals surface area contributed by atoms with Gasteiger partial charge in [-0.15, -0.1) is 0 Å². The third-order valence-corrected chi connectivity index (χ3v) is 8.38. The fourth-order valence-corrected chi connectivity index (χ4v) is 5.69. The molecule has 8 nitrogen and oxygen atoms in total. The van der Waals surface area contributed by atoms with Gasteiger partial charge in [0.2, 0.25) is 0 Å². The van der Waals surface area contributed by atoms with Crippen molar-refractivity contribution < 1.29 is 30.5 Å². The summed E-state index contributed by atoms with van der Waals surface area (Å²) in [5.74, 6) is 0. The third-order valence-electron chi connectivity index (χ3n) is 6.71. The molecule has 0 bridgehead atoms. The zero-order chi connectivity index (χ0) is 29.8. The fraction of sp³-hybridized carbons (Fsp3) is 0.345. The van der Waals surface area contributed by atoms with Gasteiger partial charge in [0.25, 0.3) is 0 Å². The summed E-state index contributed by atoms with van der Waals surface area (Å²) in [5, 5.41) is 0. The van der Waals surface area contributed by atoms with Gasteiger partial charge < -0.3 is 14.0 Å². The van der Waals surface area contributed by atoms with Gasteiger partial charge in [0, 0.05) is 36.0 Å². The van der Waals surface area contributed by atoms with Crippen LogP contribution in [0.15, 0.2) is 106 Å². The molecule has 0 saturated carbocycles. The number of rotatable bonds is 9. The van der Waals surface area contributed by atoms with Crippen LogP contribution >= 0.6 is 0 Å². The summed E-state index contributed by atoms with van der Waals surface area (Å²) in [7, 11) is -5.50. The van der Waals surface area contributed by atoms with E-state index in [0.717, 1.165) is 11.4 Å². The van der Waals surface area contributed by atoms with Crippen LogP contribution in [0.3, 0.4) is 0 Å². The van der Waals surface area contributed by atoms with Gasteiger partial charge in [-0.2, -0.15) is 0 Å². The summed E-state index contributed by atoms with van der Waals surface area (Å²) in [5.41, 5.74) is 2.14. The summed E-state index contributed by atoms with van der Waals surface area (Å²) < 4.78 is 71.8. The Kier molecular flexibility index (Phi) is 9.89. The lowest BCUT2D eigenvalue weighted by Gasteiger charge is -2.26. The van der Waals surface area contributed by atoms with Crippen molar-refractivity contribution in [2.45, 2.75) is 41.5 Å². The lowest BCUT2D eigenvalue weighted by atomic mass is 9.81. The van der Waals surface area contributed by atoms with Crippen LogP contribution in [-0.2, 0) is 20.2 Å². The molecule has 0 aromatic carbocycles. The molecule has 2 heterocycles. The van der Waals surface area contributed by atoms with Crippen molar-refractivity contribution in [2.24, 2.45) is 10.8 Å². The molecular formula is C29H37N2O6S2-. The molecule has 0 unspecified atom stereocenters. The molecule has 10 heteroatoms. The van der Waals surface area contributed by atoms with E-state index in [2.05, 4.69) is 0 Å². The Hall–Kier alpha value is -3.05. The highest BCUT2D eigenvalue weighted by Crippen LogP contribution is 2.43. The van der Waals surface area contributed by atoms with Crippen molar-refractivity contribution >= 4 is 25.9 Å². The maximum Gasteiger partial charge on any atom is 0.191 e. The van der Waals surface area contributed by atoms with Crippen LogP contribution in [0.4, 0.5) is 0 Å². The molecule has 0 N–H and O–H groups in total. The van der Waals surface area contributed by atoms with Gasteiger partial charge in [0.1, 0.15) is 27.3 Å². The Morgan fingerprint density at radius 2 is 1.36 bits per heavy atom. The lowest BCUT2D eigenvalue weighted by Crippen LogP contribution is -2.24. The molecular weight excluding hydrogens is 536 g/mol. The van der Waals surface area contributed by atoms with Gasteiger partial charge in [-0.1, -0.05) is 44.2 Å². The Balaban J connectivity index is 2.28. The normalized spacial score (nSPS) is 22.0. The summed E-state index contributed by atoms with van der Waals surface area (Å²) in [4.78, 5) is 1.32. The standard InChI is InChI=1S/C29H38N2O6S2/c1-9-14-24(38(32,33)34)18-22-20-30(7)26(28(22,3)4)16-12-11-13-17-27-29(5,6)23(21-31(27)8)19-25(15-10-2)39(35,36)37/h9-21H,1-8H3,(H-,32,33,34,35,36,37)/p-1/b14-9-,15-10-,24-18+,25-19+.